The molecule has 0 aliphatic rings. The Morgan fingerprint density at radius 2 is 2.43 bits per heavy atom. The van der Waals surface area contributed by atoms with E-state index in [0.717, 1.165) is 0 Å². The number of aliphatic hydroxyl groups is 2. The van der Waals surface area contributed by atoms with E-state index in [9.17, 15) is 9.90 Å². The van der Waals surface area contributed by atoms with Crippen molar-refractivity contribution in [1.29, 1.82) is 0 Å². The molecule has 0 spiro atoms. The first-order valence-electron chi connectivity index (χ1n) is 4.16. The number of rotatable bonds is 4. The van der Waals surface area contributed by atoms with E-state index in [1.165, 1.54) is 19.3 Å². The van der Waals surface area contributed by atoms with Crippen LogP contribution in [0, 0.1) is 0 Å². The third-order valence-corrected chi connectivity index (χ3v) is 1.68. The molecule has 0 bridgehead atoms. The summed E-state index contributed by atoms with van der Waals surface area (Å²) in [5, 5.41) is 20.8. The molecule has 0 saturated heterocycles. The van der Waals surface area contributed by atoms with Crippen molar-refractivity contribution in [2.45, 2.75) is 12.5 Å². The first-order valence-corrected chi connectivity index (χ1v) is 4.16. The summed E-state index contributed by atoms with van der Waals surface area (Å²) in [6.07, 6.45) is 2.84. The predicted molar refractivity (Wildman–Crippen MR) is 51.1 cm³/mol. The number of anilines is 1. The smallest absolute Gasteiger partial charge is 0.290 e. The van der Waals surface area contributed by atoms with Gasteiger partial charge in [0.2, 0.25) is 0 Å². The molecular weight excluding hydrogens is 186 g/mol. The first kappa shape index (κ1) is 10.7. The Kier molecular flexibility index (Phi) is 3.21. The largest absolute Gasteiger partial charge is 0.393 e. The third kappa shape index (κ3) is 2.82. The highest BCUT2D eigenvalue weighted by atomic mass is 16.3. The predicted octanol–water partition coefficient (Wildman–Crippen LogP) is -1.07. The number of aliphatic hydroxyl groups excluding tert-OH is 1. The van der Waals surface area contributed by atoms with Crippen LogP contribution in [0.25, 0.3) is 0 Å². The van der Waals surface area contributed by atoms with Crippen molar-refractivity contribution in [3.05, 3.63) is 22.7 Å². The normalized spacial score (nSPS) is 14.8. The van der Waals surface area contributed by atoms with Crippen LogP contribution < -0.4 is 10.9 Å². The molecule has 0 amide bonds. The van der Waals surface area contributed by atoms with E-state index in [1.54, 1.807) is 0 Å². The molecule has 1 unspecified atom stereocenters. The lowest BCUT2D eigenvalue weighted by Gasteiger charge is -2.20. The SMILES string of the molecule is CC(O)(CO)CNc1ncc[nH]c1=O. The van der Waals surface area contributed by atoms with Crippen molar-refractivity contribution >= 4 is 5.82 Å². The second-order valence-corrected chi connectivity index (χ2v) is 3.28. The number of hydrogen-bond acceptors (Lipinski definition) is 5. The van der Waals surface area contributed by atoms with Crippen LogP contribution in [0.15, 0.2) is 17.2 Å². The second kappa shape index (κ2) is 4.21. The van der Waals surface area contributed by atoms with Crippen molar-refractivity contribution in [2.24, 2.45) is 0 Å². The van der Waals surface area contributed by atoms with Gasteiger partial charge in [-0.2, -0.15) is 0 Å². The Morgan fingerprint density at radius 3 is 3.00 bits per heavy atom. The molecule has 0 aliphatic carbocycles. The van der Waals surface area contributed by atoms with Gasteiger partial charge in [-0.3, -0.25) is 4.79 Å². The van der Waals surface area contributed by atoms with Crippen molar-refractivity contribution < 1.29 is 10.2 Å². The van der Waals surface area contributed by atoms with Gasteiger partial charge in [0.25, 0.3) is 5.56 Å². The van der Waals surface area contributed by atoms with Gasteiger partial charge in [-0.1, -0.05) is 0 Å². The molecule has 1 atom stereocenters. The highest BCUT2D eigenvalue weighted by Crippen LogP contribution is 2.01. The minimum atomic E-state index is -1.26. The molecule has 6 heteroatoms. The van der Waals surface area contributed by atoms with E-state index in [-0.39, 0.29) is 24.5 Å². The van der Waals surface area contributed by atoms with E-state index in [2.05, 4.69) is 15.3 Å². The van der Waals surface area contributed by atoms with Gasteiger partial charge in [-0.25, -0.2) is 4.98 Å². The summed E-state index contributed by atoms with van der Waals surface area (Å²) in [5.74, 6) is 0.126. The third-order valence-electron chi connectivity index (χ3n) is 1.68. The van der Waals surface area contributed by atoms with Crippen LogP contribution in [0.2, 0.25) is 0 Å². The summed E-state index contributed by atoms with van der Waals surface area (Å²) in [5.41, 5.74) is -1.62. The van der Waals surface area contributed by atoms with E-state index >= 15 is 0 Å². The molecule has 1 aromatic rings. The summed E-state index contributed by atoms with van der Waals surface area (Å²) < 4.78 is 0. The standard InChI is InChI=1S/C8H13N3O3/c1-8(14,5-12)4-11-6-7(13)10-3-2-9-6/h2-3,12,14H,4-5H2,1H3,(H,9,11)(H,10,13). The van der Waals surface area contributed by atoms with Crippen LogP contribution in [-0.4, -0.2) is 38.9 Å². The van der Waals surface area contributed by atoms with Crippen molar-refractivity contribution in [3.63, 3.8) is 0 Å². The van der Waals surface area contributed by atoms with Gasteiger partial charge in [-0.05, 0) is 6.92 Å². The molecule has 0 aliphatic heterocycles. The Morgan fingerprint density at radius 1 is 1.71 bits per heavy atom. The number of nitrogens with one attached hydrogen (secondary N) is 2. The maximum atomic E-state index is 11.1. The van der Waals surface area contributed by atoms with Crippen LogP contribution in [0.3, 0.4) is 0 Å². The molecule has 0 aromatic carbocycles. The van der Waals surface area contributed by atoms with Gasteiger partial charge in [-0.15, -0.1) is 0 Å². The van der Waals surface area contributed by atoms with Crippen LogP contribution in [0.5, 0.6) is 0 Å². The molecule has 78 valence electrons. The lowest BCUT2D eigenvalue weighted by Crippen LogP contribution is -2.38. The zero-order valence-corrected chi connectivity index (χ0v) is 7.82. The first-order chi connectivity index (χ1) is 6.55. The Hall–Kier alpha value is -1.40. The topological polar surface area (TPSA) is 98.2 Å². The molecule has 0 fully saturated rings. The number of aromatic nitrogens is 2. The molecule has 1 aromatic heterocycles. The number of hydrogen-bond donors (Lipinski definition) is 4. The zero-order chi connectivity index (χ0) is 10.6. The summed E-state index contributed by atoms with van der Waals surface area (Å²) in [6, 6.07) is 0. The highest BCUT2D eigenvalue weighted by Gasteiger charge is 2.18. The second-order valence-electron chi connectivity index (χ2n) is 3.28. The number of nitrogens with zero attached hydrogens (tertiary/aromatic N) is 1. The summed E-state index contributed by atoms with van der Waals surface area (Å²) in [4.78, 5) is 17.3. The van der Waals surface area contributed by atoms with Crippen molar-refractivity contribution in [2.75, 3.05) is 18.5 Å². The Balaban J connectivity index is 2.63. The Labute approximate surface area is 80.6 Å². The monoisotopic (exact) mass is 199 g/mol. The van der Waals surface area contributed by atoms with Gasteiger partial charge in [0.05, 0.1) is 6.61 Å². The lowest BCUT2D eigenvalue weighted by atomic mass is 10.1. The van der Waals surface area contributed by atoms with E-state index in [1.807, 2.05) is 0 Å². The number of H-pyrrole nitrogens is 1. The van der Waals surface area contributed by atoms with Crippen molar-refractivity contribution in [3.8, 4) is 0 Å². The maximum absolute atomic E-state index is 11.1. The summed E-state index contributed by atoms with van der Waals surface area (Å²) in [7, 11) is 0. The molecule has 0 saturated carbocycles. The molecule has 1 heterocycles. The molecule has 0 radical (unpaired) electrons. The average Bonchev–Trinajstić information content (AvgIpc) is 2.17. The minimum Gasteiger partial charge on any atom is -0.393 e. The van der Waals surface area contributed by atoms with Gasteiger partial charge in [0.1, 0.15) is 5.60 Å². The zero-order valence-electron chi connectivity index (χ0n) is 7.82. The molecule has 14 heavy (non-hydrogen) atoms. The fourth-order valence-corrected chi connectivity index (χ4v) is 0.808. The fraction of sp³-hybridized carbons (Fsp3) is 0.500. The molecule has 6 nitrogen and oxygen atoms in total. The number of aromatic amines is 1. The quantitative estimate of drug-likeness (QED) is 0.494. The van der Waals surface area contributed by atoms with E-state index in [0.29, 0.717) is 0 Å². The van der Waals surface area contributed by atoms with Gasteiger partial charge in [0.15, 0.2) is 5.82 Å². The summed E-state index contributed by atoms with van der Waals surface area (Å²) >= 11 is 0. The lowest BCUT2D eigenvalue weighted by molar-refractivity contribution is 0.0131. The summed E-state index contributed by atoms with van der Waals surface area (Å²) in [6.45, 7) is 1.13. The molecule has 1 rings (SSSR count). The maximum Gasteiger partial charge on any atom is 0.290 e. The Bertz CT molecular complexity index is 348. The molecule has 4 N–H and O–H groups in total. The fourth-order valence-electron chi connectivity index (χ4n) is 0.808. The molecular formula is C8H13N3O3. The van der Waals surface area contributed by atoms with Crippen molar-refractivity contribution in [1.82, 2.24) is 9.97 Å². The van der Waals surface area contributed by atoms with Crippen LogP contribution in [0.4, 0.5) is 5.82 Å². The van der Waals surface area contributed by atoms with Crippen LogP contribution in [0.1, 0.15) is 6.92 Å². The highest BCUT2D eigenvalue weighted by molar-refractivity contribution is 5.30. The van der Waals surface area contributed by atoms with Gasteiger partial charge in [0, 0.05) is 18.9 Å². The van der Waals surface area contributed by atoms with Crippen LogP contribution in [-0.2, 0) is 0 Å². The average molecular weight is 199 g/mol. The van der Waals surface area contributed by atoms with E-state index < -0.39 is 5.60 Å². The van der Waals surface area contributed by atoms with E-state index in [4.69, 9.17) is 5.11 Å². The van der Waals surface area contributed by atoms with Gasteiger partial charge >= 0.3 is 0 Å². The minimum absolute atomic E-state index is 0.0591. The van der Waals surface area contributed by atoms with Gasteiger partial charge < -0.3 is 20.5 Å². The van der Waals surface area contributed by atoms with Crippen LogP contribution >= 0.6 is 0 Å².